The number of nitrogens with one attached hydrogen (secondary N) is 1. The van der Waals surface area contributed by atoms with E-state index in [1.165, 1.54) is 0 Å². The Balaban J connectivity index is 2.85. The van der Waals surface area contributed by atoms with Crippen LogP contribution in [-0.4, -0.2) is 5.96 Å². The predicted octanol–water partition coefficient (Wildman–Crippen LogP) is 0.374. The van der Waals surface area contributed by atoms with E-state index in [0.717, 1.165) is 5.56 Å². The first kappa shape index (κ1) is 8.55. The van der Waals surface area contributed by atoms with Gasteiger partial charge in [0, 0.05) is 6.54 Å². The average molecular weight is 163 g/mol. The van der Waals surface area contributed by atoms with Crippen molar-refractivity contribution in [3.05, 3.63) is 29.8 Å². The number of benzene rings is 1. The molecule has 1 rings (SSSR count). The summed E-state index contributed by atoms with van der Waals surface area (Å²) in [4.78, 5) is 3.85. The van der Waals surface area contributed by atoms with Crippen molar-refractivity contribution in [1.29, 1.82) is 0 Å². The lowest BCUT2D eigenvalue weighted by Gasteiger charge is -1.96. The summed E-state index contributed by atoms with van der Waals surface area (Å²) in [7, 11) is 0. The van der Waals surface area contributed by atoms with Gasteiger partial charge in [-0.15, -0.1) is 0 Å². The number of nitrogens with zero attached hydrogens (tertiary/aromatic N) is 1. The molecule has 0 aliphatic heterocycles. The van der Waals surface area contributed by atoms with Gasteiger partial charge in [0.15, 0.2) is 5.96 Å². The average Bonchev–Trinajstić information content (AvgIpc) is 2.05. The smallest absolute Gasteiger partial charge is 0.191 e. The zero-order chi connectivity index (χ0) is 8.97. The molecule has 1 radical (unpaired) electrons. The van der Waals surface area contributed by atoms with E-state index in [4.69, 9.17) is 17.2 Å². The van der Waals surface area contributed by atoms with Gasteiger partial charge in [-0.3, -0.25) is 5.73 Å². The van der Waals surface area contributed by atoms with Crippen LogP contribution < -0.4 is 17.2 Å². The third kappa shape index (κ3) is 2.25. The molecule has 1 aromatic rings. The van der Waals surface area contributed by atoms with E-state index >= 15 is 0 Å². The van der Waals surface area contributed by atoms with Gasteiger partial charge in [0.05, 0.1) is 5.69 Å². The van der Waals surface area contributed by atoms with Crippen molar-refractivity contribution in [3.63, 3.8) is 0 Å². The van der Waals surface area contributed by atoms with Crippen molar-refractivity contribution in [1.82, 2.24) is 5.73 Å². The highest BCUT2D eigenvalue weighted by Gasteiger charge is 1.90. The second-order valence-electron chi connectivity index (χ2n) is 2.38. The molecule has 1 aromatic carbocycles. The molecule has 0 aliphatic rings. The van der Waals surface area contributed by atoms with Gasteiger partial charge in [0.1, 0.15) is 0 Å². The van der Waals surface area contributed by atoms with Crippen molar-refractivity contribution >= 4 is 11.6 Å². The molecule has 0 atom stereocenters. The van der Waals surface area contributed by atoms with Crippen molar-refractivity contribution in [3.8, 4) is 0 Å². The summed E-state index contributed by atoms with van der Waals surface area (Å²) in [5, 5.41) is 0. The standard InChI is InChI=1S/C8H11N4/c9-5-6-1-3-7(4-2-6)12-8(10)11/h1-4,9H,5H2,(H4,10,11,12). The minimum Gasteiger partial charge on any atom is -0.370 e. The largest absolute Gasteiger partial charge is 0.370 e. The van der Waals surface area contributed by atoms with E-state index in [0.29, 0.717) is 5.69 Å². The van der Waals surface area contributed by atoms with Crippen molar-refractivity contribution < 1.29 is 0 Å². The zero-order valence-electron chi connectivity index (χ0n) is 6.62. The first-order valence-corrected chi connectivity index (χ1v) is 3.55. The van der Waals surface area contributed by atoms with Crippen LogP contribution >= 0.6 is 0 Å². The number of rotatable bonds is 2. The molecule has 0 heterocycles. The van der Waals surface area contributed by atoms with Crippen LogP contribution in [0, 0.1) is 0 Å². The van der Waals surface area contributed by atoms with Crippen molar-refractivity contribution in [2.75, 3.05) is 0 Å². The molecule has 0 unspecified atom stereocenters. The lowest BCUT2D eigenvalue weighted by Crippen LogP contribution is -2.21. The molecule has 12 heavy (non-hydrogen) atoms. The van der Waals surface area contributed by atoms with Gasteiger partial charge in [-0.05, 0) is 17.7 Å². The van der Waals surface area contributed by atoms with Gasteiger partial charge in [-0.25, -0.2) is 4.99 Å². The van der Waals surface area contributed by atoms with Crippen LogP contribution in [0.3, 0.4) is 0 Å². The molecular formula is C8H11N4. The summed E-state index contributed by atoms with van der Waals surface area (Å²) in [6, 6.07) is 7.22. The third-order valence-electron chi connectivity index (χ3n) is 1.40. The highest BCUT2D eigenvalue weighted by Crippen LogP contribution is 2.11. The maximum absolute atomic E-state index is 7.07. The van der Waals surface area contributed by atoms with Crippen LogP contribution in [0.15, 0.2) is 29.3 Å². The monoisotopic (exact) mass is 163 g/mol. The van der Waals surface area contributed by atoms with Crippen LogP contribution in [0.25, 0.3) is 0 Å². The van der Waals surface area contributed by atoms with E-state index in [1.54, 1.807) is 12.1 Å². The molecule has 4 nitrogen and oxygen atoms in total. The predicted molar refractivity (Wildman–Crippen MR) is 48.7 cm³/mol. The molecule has 0 fully saturated rings. The second-order valence-corrected chi connectivity index (χ2v) is 2.38. The Morgan fingerprint density at radius 2 is 1.83 bits per heavy atom. The Labute approximate surface area is 71.1 Å². The SMILES string of the molecule is [NH]Cc1ccc(N=C(N)N)cc1. The van der Waals surface area contributed by atoms with Crippen LogP contribution in [-0.2, 0) is 6.54 Å². The molecule has 0 aromatic heterocycles. The molecule has 5 N–H and O–H groups in total. The second kappa shape index (κ2) is 3.73. The van der Waals surface area contributed by atoms with Crippen LogP contribution in [0.1, 0.15) is 5.56 Å². The fraction of sp³-hybridized carbons (Fsp3) is 0.125. The Bertz CT molecular complexity index is 272. The summed E-state index contributed by atoms with van der Waals surface area (Å²) in [5.74, 6) is 0.0497. The first-order valence-electron chi connectivity index (χ1n) is 3.55. The fourth-order valence-electron chi connectivity index (χ4n) is 0.837. The first-order chi connectivity index (χ1) is 5.72. The highest BCUT2D eigenvalue weighted by atomic mass is 15.0. The lowest BCUT2D eigenvalue weighted by molar-refractivity contribution is 1.03. The van der Waals surface area contributed by atoms with E-state index in [-0.39, 0.29) is 12.5 Å². The Morgan fingerprint density at radius 3 is 2.25 bits per heavy atom. The Kier molecular flexibility index (Phi) is 2.66. The summed E-state index contributed by atoms with van der Waals surface area (Å²) in [5.41, 5.74) is 19.1. The number of guanidine groups is 1. The molecule has 0 aliphatic carbocycles. The van der Waals surface area contributed by atoms with Crippen LogP contribution in [0.2, 0.25) is 0 Å². The minimum absolute atomic E-state index is 0.0497. The number of aliphatic imine (C=N–C) groups is 1. The molecule has 0 amide bonds. The van der Waals surface area contributed by atoms with Crippen molar-refractivity contribution in [2.45, 2.75) is 6.54 Å². The zero-order valence-corrected chi connectivity index (χ0v) is 6.62. The maximum Gasteiger partial charge on any atom is 0.191 e. The number of hydrogen-bond acceptors (Lipinski definition) is 1. The van der Waals surface area contributed by atoms with Crippen molar-refractivity contribution in [2.24, 2.45) is 16.5 Å². The summed E-state index contributed by atoms with van der Waals surface area (Å²) in [6.07, 6.45) is 0. The normalized spacial score (nSPS) is 9.42. The molecule has 0 saturated heterocycles. The summed E-state index contributed by atoms with van der Waals surface area (Å²) in [6.45, 7) is 0.280. The molecule has 4 heteroatoms. The molecular weight excluding hydrogens is 152 g/mol. The topological polar surface area (TPSA) is 88.2 Å². The molecule has 63 valence electrons. The summed E-state index contributed by atoms with van der Waals surface area (Å²) >= 11 is 0. The highest BCUT2D eigenvalue weighted by molar-refractivity contribution is 5.78. The van der Waals surface area contributed by atoms with Gasteiger partial charge in [-0.1, -0.05) is 12.1 Å². The van der Waals surface area contributed by atoms with E-state index in [1.807, 2.05) is 12.1 Å². The molecule has 0 spiro atoms. The summed E-state index contributed by atoms with van der Waals surface area (Å²) < 4.78 is 0. The fourth-order valence-corrected chi connectivity index (χ4v) is 0.837. The Morgan fingerprint density at radius 1 is 1.25 bits per heavy atom. The van der Waals surface area contributed by atoms with E-state index in [9.17, 15) is 0 Å². The van der Waals surface area contributed by atoms with Gasteiger partial charge in [-0.2, -0.15) is 0 Å². The van der Waals surface area contributed by atoms with Gasteiger partial charge < -0.3 is 11.5 Å². The van der Waals surface area contributed by atoms with E-state index < -0.39 is 0 Å². The van der Waals surface area contributed by atoms with Crippen LogP contribution in [0.4, 0.5) is 5.69 Å². The Hall–Kier alpha value is -1.55. The molecule has 0 saturated carbocycles. The quantitative estimate of drug-likeness (QED) is 0.487. The number of hydrogen-bond donors (Lipinski definition) is 2. The number of nitrogens with two attached hydrogens (primary N) is 2. The third-order valence-corrected chi connectivity index (χ3v) is 1.40. The van der Waals surface area contributed by atoms with Crippen LogP contribution in [0.5, 0.6) is 0 Å². The van der Waals surface area contributed by atoms with E-state index in [2.05, 4.69) is 4.99 Å². The van der Waals surface area contributed by atoms with Gasteiger partial charge >= 0.3 is 0 Å². The minimum atomic E-state index is 0.0497. The lowest BCUT2D eigenvalue weighted by atomic mass is 10.2. The molecule has 0 bridgehead atoms. The van der Waals surface area contributed by atoms with Gasteiger partial charge in [0.25, 0.3) is 0 Å². The van der Waals surface area contributed by atoms with Gasteiger partial charge in [0.2, 0.25) is 0 Å². The maximum atomic E-state index is 7.07.